The molecule has 1 heterocycles. The first-order valence-electron chi connectivity index (χ1n) is 5.61. The highest BCUT2D eigenvalue weighted by atomic mass is 32.2. The zero-order valence-corrected chi connectivity index (χ0v) is 10.3. The third-order valence-corrected chi connectivity index (χ3v) is 3.97. The Labute approximate surface area is 95.7 Å². The SMILES string of the molecule is CC(NCCSc1nccn1C)C1CC1. The molecule has 1 aliphatic carbocycles. The van der Waals surface area contributed by atoms with Crippen LogP contribution >= 0.6 is 11.8 Å². The van der Waals surface area contributed by atoms with Gasteiger partial charge in [0.05, 0.1) is 0 Å². The molecule has 0 bridgehead atoms. The topological polar surface area (TPSA) is 29.9 Å². The lowest BCUT2D eigenvalue weighted by atomic mass is 10.2. The van der Waals surface area contributed by atoms with E-state index < -0.39 is 0 Å². The molecule has 84 valence electrons. The molecule has 2 rings (SSSR count). The number of imidazole rings is 1. The molecule has 0 saturated heterocycles. The lowest BCUT2D eigenvalue weighted by Gasteiger charge is -2.11. The largest absolute Gasteiger partial charge is 0.329 e. The van der Waals surface area contributed by atoms with E-state index in [4.69, 9.17) is 0 Å². The quantitative estimate of drug-likeness (QED) is 0.592. The van der Waals surface area contributed by atoms with Crippen LogP contribution in [-0.4, -0.2) is 27.9 Å². The van der Waals surface area contributed by atoms with Gasteiger partial charge in [0.25, 0.3) is 0 Å². The average Bonchev–Trinajstić information content (AvgIpc) is 2.99. The van der Waals surface area contributed by atoms with Crippen molar-refractivity contribution in [2.24, 2.45) is 13.0 Å². The third-order valence-electron chi connectivity index (χ3n) is 2.91. The van der Waals surface area contributed by atoms with Crippen LogP contribution in [0.4, 0.5) is 0 Å². The number of hydrogen-bond acceptors (Lipinski definition) is 3. The maximum atomic E-state index is 4.28. The molecule has 3 nitrogen and oxygen atoms in total. The zero-order chi connectivity index (χ0) is 10.7. The van der Waals surface area contributed by atoms with E-state index in [-0.39, 0.29) is 0 Å². The van der Waals surface area contributed by atoms with Crippen LogP contribution in [0.25, 0.3) is 0 Å². The van der Waals surface area contributed by atoms with Gasteiger partial charge in [0, 0.05) is 37.8 Å². The Morgan fingerprint density at radius 3 is 3.07 bits per heavy atom. The standard InChI is InChI=1S/C11H19N3S/c1-9(10-3-4-10)12-6-8-15-11-13-5-7-14(11)2/h5,7,9-10,12H,3-4,6,8H2,1-2H3. The van der Waals surface area contributed by atoms with Crippen LogP contribution in [0.2, 0.25) is 0 Å². The number of aromatic nitrogens is 2. The Morgan fingerprint density at radius 2 is 2.47 bits per heavy atom. The fourth-order valence-corrected chi connectivity index (χ4v) is 2.49. The number of nitrogens with zero attached hydrogens (tertiary/aromatic N) is 2. The van der Waals surface area contributed by atoms with Crippen LogP contribution in [-0.2, 0) is 7.05 Å². The normalized spacial score (nSPS) is 18.0. The Hall–Kier alpha value is -0.480. The van der Waals surface area contributed by atoms with Crippen LogP contribution in [0.3, 0.4) is 0 Å². The molecule has 0 aliphatic heterocycles. The first-order valence-corrected chi connectivity index (χ1v) is 6.59. The highest BCUT2D eigenvalue weighted by molar-refractivity contribution is 7.99. The van der Waals surface area contributed by atoms with Crippen molar-refractivity contribution < 1.29 is 0 Å². The second-order valence-corrected chi connectivity index (χ2v) is 5.31. The van der Waals surface area contributed by atoms with E-state index in [1.54, 1.807) is 0 Å². The Kier molecular flexibility index (Phi) is 3.70. The molecule has 1 saturated carbocycles. The van der Waals surface area contributed by atoms with E-state index >= 15 is 0 Å². The Morgan fingerprint density at radius 1 is 1.67 bits per heavy atom. The molecule has 0 spiro atoms. The molecule has 1 atom stereocenters. The van der Waals surface area contributed by atoms with E-state index in [2.05, 4.69) is 21.8 Å². The van der Waals surface area contributed by atoms with Crippen LogP contribution in [0.15, 0.2) is 17.6 Å². The second-order valence-electron chi connectivity index (χ2n) is 4.25. The van der Waals surface area contributed by atoms with Gasteiger partial charge in [0.2, 0.25) is 0 Å². The van der Waals surface area contributed by atoms with E-state index in [1.165, 1.54) is 12.8 Å². The number of nitrogens with one attached hydrogen (secondary N) is 1. The molecule has 1 fully saturated rings. The number of thioether (sulfide) groups is 1. The molecule has 1 aromatic rings. The molecule has 15 heavy (non-hydrogen) atoms. The van der Waals surface area contributed by atoms with Crippen molar-refractivity contribution in [3.05, 3.63) is 12.4 Å². The van der Waals surface area contributed by atoms with Gasteiger partial charge in [-0.2, -0.15) is 0 Å². The van der Waals surface area contributed by atoms with Gasteiger partial charge in [-0.3, -0.25) is 0 Å². The molecule has 1 aliphatic rings. The van der Waals surface area contributed by atoms with E-state index in [9.17, 15) is 0 Å². The Balaban J connectivity index is 1.60. The summed E-state index contributed by atoms with van der Waals surface area (Å²) in [5.41, 5.74) is 0. The molecule has 0 amide bonds. The second kappa shape index (κ2) is 5.03. The van der Waals surface area contributed by atoms with Crippen molar-refractivity contribution in [1.29, 1.82) is 0 Å². The van der Waals surface area contributed by atoms with Crippen LogP contribution < -0.4 is 5.32 Å². The summed E-state index contributed by atoms with van der Waals surface area (Å²) in [5.74, 6) is 2.05. The van der Waals surface area contributed by atoms with Crippen LogP contribution in [0, 0.1) is 5.92 Å². The summed E-state index contributed by atoms with van der Waals surface area (Å²) >= 11 is 1.82. The van der Waals surface area contributed by atoms with Crippen LogP contribution in [0.1, 0.15) is 19.8 Å². The van der Waals surface area contributed by atoms with Crippen LogP contribution in [0.5, 0.6) is 0 Å². The van der Waals surface area contributed by atoms with Crippen molar-refractivity contribution >= 4 is 11.8 Å². The minimum atomic E-state index is 0.701. The van der Waals surface area contributed by atoms with Crippen molar-refractivity contribution in [1.82, 2.24) is 14.9 Å². The number of hydrogen-bond donors (Lipinski definition) is 1. The van der Waals surface area contributed by atoms with Crippen molar-refractivity contribution in [3.63, 3.8) is 0 Å². The summed E-state index contributed by atoms with van der Waals surface area (Å²) in [6.07, 6.45) is 6.67. The summed E-state index contributed by atoms with van der Waals surface area (Å²) in [6, 6.07) is 0.701. The van der Waals surface area contributed by atoms with E-state index in [1.807, 2.05) is 31.2 Å². The monoisotopic (exact) mass is 225 g/mol. The Bertz CT molecular complexity index is 307. The summed E-state index contributed by atoms with van der Waals surface area (Å²) in [6.45, 7) is 3.37. The lowest BCUT2D eigenvalue weighted by molar-refractivity contribution is 0.514. The molecule has 1 unspecified atom stereocenters. The fourth-order valence-electron chi connectivity index (χ4n) is 1.68. The van der Waals surface area contributed by atoms with Gasteiger partial charge >= 0.3 is 0 Å². The van der Waals surface area contributed by atoms with E-state index in [0.717, 1.165) is 23.4 Å². The first-order chi connectivity index (χ1) is 7.27. The molecule has 0 radical (unpaired) electrons. The minimum Gasteiger partial charge on any atom is -0.329 e. The average molecular weight is 225 g/mol. The first kappa shape index (κ1) is 11.0. The molecule has 0 aromatic carbocycles. The molecular weight excluding hydrogens is 206 g/mol. The maximum absolute atomic E-state index is 4.28. The van der Waals surface area contributed by atoms with Gasteiger partial charge in [-0.15, -0.1) is 0 Å². The highest BCUT2D eigenvalue weighted by Crippen LogP contribution is 2.32. The number of aryl methyl sites for hydroxylation is 1. The van der Waals surface area contributed by atoms with Gasteiger partial charge in [0.1, 0.15) is 0 Å². The third kappa shape index (κ3) is 3.24. The molecule has 1 N–H and O–H groups in total. The molecular formula is C11H19N3S. The smallest absolute Gasteiger partial charge is 0.167 e. The summed E-state index contributed by atoms with van der Waals surface area (Å²) < 4.78 is 2.06. The van der Waals surface area contributed by atoms with Gasteiger partial charge in [0.15, 0.2) is 5.16 Å². The predicted molar refractivity (Wildman–Crippen MR) is 64.1 cm³/mol. The summed E-state index contributed by atoms with van der Waals surface area (Å²) in [4.78, 5) is 4.28. The van der Waals surface area contributed by atoms with Crippen molar-refractivity contribution in [3.8, 4) is 0 Å². The highest BCUT2D eigenvalue weighted by Gasteiger charge is 2.27. The lowest BCUT2D eigenvalue weighted by Crippen LogP contribution is -2.29. The van der Waals surface area contributed by atoms with E-state index in [0.29, 0.717) is 6.04 Å². The molecule has 1 aromatic heterocycles. The fraction of sp³-hybridized carbons (Fsp3) is 0.727. The predicted octanol–water partition coefficient (Wildman–Crippen LogP) is 1.90. The van der Waals surface area contributed by atoms with Crippen molar-refractivity contribution in [2.45, 2.75) is 31.0 Å². The van der Waals surface area contributed by atoms with Gasteiger partial charge < -0.3 is 9.88 Å². The van der Waals surface area contributed by atoms with Gasteiger partial charge in [-0.25, -0.2) is 4.98 Å². The summed E-state index contributed by atoms with van der Waals surface area (Å²) in [5, 5.41) is 4.68. The maximum Gasteiger partial charge on any atom is 0.167 e. The minimum absolute atomic E-state index is 0.701. The molecule has 4 heteroatoms. The zero-order valence-electron chi connectivity index (χ0n) is 9.44. The van der Waals surface area contributed by atoms with Gasteiger partial charge in [-0.05, 0) is 25.7 Å². The number of rotatable bonds is 6. The summed E-state index contributed by atoms with van der Waals surface area (Å²) in [7, 11) is 2.04. The van der Waals surface area contributed by atoms with Gasteiger partial charge in [-0.1, -0.05) is 11.8 Å². The van der Waals surface area contributed by atoms with Crippen molar-refractivity contribution in [2.75, 3.05) is 12.3 Å².